The molecule has 2 N–H and O–H groups in total. The fraction of sp³-hybridized carbons (Fsp3) is 0.786. The highest BCUT2D eigenvalue weighted by atomic mass is 16.4. The Bertz CT molecular complexity index is 330. The normalized spacial score (nSPS) is 11.9. The summed E-state index contributed by atoms with van der Waals surface area (Å²) in [5.74, 6) is -2.35. The first kappa shape index (κ1) is 18.4. The van der Waals surface area contributed by atoms with Crippen LogP contribution in [0.5, 0.6) is 0 Å². The molecule has 0 heterocycles. The summed E-state index contributed by atoms with van der Waals surface area (Å²) in [4.78, 5) is 34.7. The van der Waals surface area contributed by atoms with Crippen molar-refractivity contribution in [2.75, 3.05) is 13.1 Å². The van der Waals surface area contributed by atoms with E-state index in [-0.39, 0.29) is 18.9 Å². The number of carbonyl (C=O) groups is 3. The van der Waals surface area contributed by atoms with Gasteiger partial charge in [-0.2, -0.15) is 0 Å². The van der Waals surface area contributed by atoms with Crippen LogP contribution in [0.25, 0.3) is 0 Å². The van der Waals surface area contributed by atoms with E-state index in [0.717, 1.165) is 12.8 Å². The van der Waals surface area contributed by atoms with Gasteiger partial charge < -0.3 is 15.1 Å². The second-order valence-electron chi connectivity index (χ2n) is 5.03. The van der Waals surface area contributed by atoms with Gasteiger partial charge in [0.2, 0.25) is 5.91 Å². The van der Waals surface area contributed by atoms with Gasteiger partial charge in [0.25, 0.3) is 0 Å². The lowest BCUT2D eigenvalue weighted by atomic mass is 10.1. The number of amides is 1. The van der Waals surface area contributed by atoms with Crippen molar-refractivity contribution in [1.29, 1.82) is 0 Å². The second-order valence-corrected chi connectivity index (χ2v) is 5.03. The molecule has 1 atom stereocenters. The van der Waals surface area contributed by atoms with Crippen LogP contribution in [-0.4, -0.2) is 46.0 Å². The molecule has 0 saturated heterocycles. The summed E-state index contributed by atoms with van der Waals surface area (Å²) in [6.07, 6.45) is 3.30. The molecular weight excluding hydrogens is 262 g/mol. The van der Waals surface area contributed by atoms with Crippen LogP contribution in [0, 0.1) is 5.92 Å². The molecule has 0 saturated carbocycles. The average molecular weight is 287 g/mol. The largest absolute Gasteiger partial charge is 0.481 e. The highest BCUT2D eigenvalue weighted by Gasteiger charge is 2.19. The van der Waals surface area contributed by atoms with Crippen LogP contribution < -0.4 is 0 Å². The molecule has 0 rings (SSSR count). The number of carbonyl (C=O) groups excluding carboxylic acids is 1. The summed E-state index contributed by atoms with van der Waals surface area (Å²) >= 11 is 0. The number of carboxylic acid groups (broad SMARTS) is 2. The van der Waals surface area contributed by atoms with Crippen LogP contribution in [0.3, 0.4) is 0 Å². The van der Waals surface area contributed by atoms with E-state index in [2.05, 4.69) is 0 Å². The predicted octanol–water partition coefficient (Wildman–Crippen LogP) is 1.98. The summed E-state index contributed by atoms with van der Waals surface area (Å²) in [6.45, 7) is 4.20. The number of nitrogens with zero attached hydrogens (tertiary/aromatic N) is 1. The summed E-state index contributed by atoms with van der Waals surface area (Å²) < 4.78 is 0. The van der Waals surface area contributed by atoms with Crippen molar-refractivity contribution in [2.24, 2.45) is 5.92 Å². The van der Waals surface area contributed by atoms with Crippen molar-refractivity contribution in [3.63, 3.8) is 0 Å². The Kier molecular flexibility index (Phi) is 9.41. The smallest absolute Gasteiger partial charge is 0.308 e. The Morgan fingerprint density at radius 1 is 1.05 bits per heavy atom. The van der Waals surface area contributed by atoms with Crippen LogP contribution >= 0.6 is 0 Å². The van der Waals surface area contributed by atoms with Crippen LogP contribution in [0.4, 0.5) is 0 Å². The van der Waals surface area contributed by atoms with Gasteiger partial charge in [0.05, 0.1) is 5.92 Å². The molecule has 1 amide bonds. The molecule has 1 unspecified atom stereocenters. The lowest BCUT2D eigenvalue weighted by Gasteiger charge is -2.24. The van der Waals surface area contributed by atoms with Gasteiger partial charge in [0, 0.05) is 25.9 Å². The molecule has 0 aliphatic heterocycles. The standard InChI is InChI=1S/C14H25NO5/c1-3-7-12(16)15(10-11(2)14(19)20)9-6-4-5-8-13(17)18/h11H,3-10H2,1-2H3,(H,17,18)(H,19,20). The van der Waals surface area contributed by atoms with Crippen molar-refractivity contribution >= 4 is 17.8 Å². The fourth-order valence-electron chi connectivity index (χ4n) is 1.85. The van der Waals surface area contributed by atoms with E-state index in [1.807, 2.05) is 6.92 Å². The number of carboxylic acids is 2. The molecule has 0 aromatic heterocycles. The molecule has 6 heteroatoms. The van der Waals surface area contributed by atoms with Crippen LogP contribution in [0.2, 0.25) is 0 Å². The van der Waals surface area contributed by atoms with Crippen molar-refractivity contribution in [1.82, 2.24) is 4.90 Å². The maximum Gasteiger partial charge on any atom is 0.308 e. The van der Waals surface area contributed by atoms with Gasteiger partial charge >= 0.3 is 11.9 Å². The van der Waals surface area contributed by atoms with Crippen LogP contribution in [0.1, 0.15) is 52.4 Å². The Morgan fingerprint density at radius 3 is 2.20 bits per heavy atom. The van der Waals surface area contributed by atoms with Crippen molar-refractivity contribution in [2.45, 2.75) is 52.4 Å². The average Bonchev–Trinajstić information content (AvgIpc) is 2.36. The first-order valence-corrected chi connectivity index (χ1v) is 7.10. The minimum atomic E-state index is -0.912. The molecule has 0 aliphatic carbocycles. The minimum absolute atomic E-state index is 0.0289. The lowest BCUT2D eigenvalue weighted by molar-refractivity contribution is -0.143. The van der Waals surface area contributed by atoms with Crippen LogP contribution in [0.15, 0.2) is 0 Å². The summed E-state index contributed by atoms with van der Waals surface area (Å²) in [6, 6.07) is 0. The van der Waals surface area contributed by atoms with Gasteiger partial charge in [0.1, 0.15) is 0 Å². The van der Waals surface area contributed by atoms with E-state index in [0.29, 0.717) is 25.8 Å². The molecule has 20 heavy (non-hydrogen) atoms. The first-order chi connectivity index (χ1) is 9.38. The van der Waals surface area contributed by atoms with Crippen molar-refractivity contribution < 1.29 is 24.6 Å². The monoisotopic (exact) mass is 287 g/mol. The minimum Gasteiger partial charge on any atom is -0.481 e. The number of rotatable bonds is 11. The SMILES string of the molecule is CCCC(=O)N(CCCCCC(=O)O)CC(C)C(=O)O. The van der Waals surface area contributed by atoms with E-state index in [1.54, 1.807) is 11.8 Å². The maximum atomic E-state index is 11.9. The second kappa shape index (κ2) is 10.2. The number of aliphatic carboxylic acids is 2. The Hall–Kier alpha value is -1.59. The Balaban J connectivity index is 4.21. The third kappa shape index (κ3) is 8.50. The van der Waals surface area contributed by atoms with Gasteiger partial charge in [-0.3, -0.25) is 14.4 Å². The highest BCUT2D eigenvalue weighted by molar-refractivity contribution is 5.77. The molecule has 116 valence electrons. The van der Waals surface area contributed by atoms with Gasteiger partial charge in [-0.05, 0) is 19.3 Å². The maximum absolute atomic E-state index is 11.9. The van der Waals surface area contributed by atoms with E-state index < -0.39 is 17.9 Å². The molecule has 0 fully saturated rings. The van der Waals surface area contributed by atoms with Crippen molar-refractivity contribution in [3.8, 4) is 0 Å². The van der Waals surface area contributed by atoms with E-state index in [9.17, 15) is 14.4 Å². The van der Waals surface area contributed by atoms with E-state index in [1.165, 1.54) is 0 Å². The van der Waals surface area contributed by atoms with E-state index >= 15 is 0 Å². The van der Waals surface area contributed by atoms with Gasteiger partial charge in [-0.15, -0.1) is 0 Å². The zero-order valence-corrected chi connectivity index (χ0v) is 12.3. The molecule has 0 radical (unpaired) electrons. The Labute approximate surface area is 119 Å². The molecular formula is C14H25NO5. The summed E-state index contributed by atoms with van der Waals surface area (Å²) in [5.41, 5.74) is 0. The van der Waals surface area contributed by atoms with Crippen molar-refractivity contribution in [3.05, 3.63) is 0 Å². The predicted molar refractivity (Wildman–Crippen MR) is 74.4 cm³/mol. The first-order valence-electron chi connectivity index (χ1n) is 7.10. The zero-order chi connectivity index (χ0) is 15.5. The molecule has 0 bridgehead atoms. The summed E-state index contributed by atoms with van der Waals surface area (Å²) in [7, 11) is 0. The van der Waals surface area contributed by atoms with Gasteiger partial charge in [-0.1, -0.05) is 20.3 Å². The lowest BCUT2D eigenvalue weighted by Crippen LogP contribution is -2.37. The molecule has 0 aliphatic rings. The zero-order valence-electron chi connectivity index (χ0n) is 12.3. The molecule has 0 spiro atoms. The number of hydrogen-bond acceptors (Lipinski definition) is 3. The summed E-state index contributed by atoms with van der Waals surface area (Å²) in [5, 5.41) is 17.4. The van der Waals surface area contributed by atoms with Crippen LogP contribution in [-0.2, 0) is 14.4 Å². The quantitative estimate of drug-likeness (QED) is 0.567. The number of unbranched alkanes of at least 4 members (excludes halogenated alkanes) is 2. The molecule has 0 aromatic rings. The van der Waals surface area contributed by atoms with Gasteiger partial charge in [-0.25, -0.2) is 0 Å². The fourth-order valence-corrected chi connectivity index (χ4v) is 1.85. The topological polar surface area (TPSA) is 94.9 Å². The third-order valence-corrected chi connectivity index (χ3v) is 3.05. The van der Waals surface area contributed by atoms with Gasteiger partial charge in [0.15, 0.2) is 0 Å². The Morgan fingerprint density at radius 2 is 1.70 bits per heavy atom. The highest BCUT2D eigenvalue weighted by Crippen LogP contribution is 2.08. The van der Waals surface area contributed by atoms with E-state index in [4.69, 9.17) is 10.2 Å². The third-order valence-electron chi connectivity index (χ3n) is 3.05. The molecule has 6 nitrogen and oxygen atoms in total. The molecule has 0 aromatic carbocycles. The number of hydrogen-bond donors (Lipinski definition) is 2.